The minimum absolute atomic E-state index is 0.114. The van der Waals surface area contributed by atoms with Crippen LogP contribution >= 0.6 is 0 Å². The van der Waals surface area contributed by atoms with Crippen LogP contribution in [-0.2, 0) is 14.3 Å². The summed E-state index contributed by atoms with van der Waals surface area (Å²) >= 11 is 0. The topological polar surface area (TPSA) is 43.4 Å². The van der Waals surface area contributed by atoms with Crippen molar-refractivity contribution in [1.29, 1.82) is 0 Å². The highest BCUT2D eigenvalue weighted by atomic mass is 16.5. The van der Waals surface area contributed by atoms with E-state index in [9.17, 15) is 9.59 Å². The van der Waals surface area contributed by atoms with Gasteiger partial charge in [0.2, 0.25) is 0 Å². The summed E-state index contributed by atoms with van der Waals surface area (Å²) in [5, 5.41) is 0. The second-order valence-corrected chi connectivity index (χ2v) is 5.08. The molecule has 0 heterocycles. The van der Waals surface area contributed by atoms with Crippen LogP contribution in [0.3, 0.4) is 0 Å². The molecule has 0 aromatic carbocycles. The second-order valence-electron chi connectivity index (χ2n) is 5.08. The fourth-order valence-corrected chi connectivity index (χ4v) is 3.09. The molecule has 0 aromatic heterocycles. The first kappa shape index (κ1) is 11.4. The number of fused-ring (bicyclic) bond motifs is 1. The molecule has 16 heavy (non-hydrogen) atoms. The Labute approximate surface area is 95.9 Å². The minimum Gasteiger partial charge on any atom is -0.466 e. The zero-order valence-electron chi connectivity index (χ0n) is 9.91. The van der Waals surface area contributed by atoms with Crippen LogP contribution in [0.1, 0.15) is 39.0 Å². The lowest BCUT2D eigenvalue weighted by atomic mass is 9.62. The van der Waals surface area contributed by atoms with Crippen LogP contribution in [0.4, 0.5) is 0 Å². The molecular weight excluding hydrogens is 204 g/mol. The van der Waals surface area contributed by atoms with E-state index in [0.29, 0.717) is 18.6 Å². The van der Waals surface area contributed by atoms with Crippen molar-refractivity contribution in [2.45, 2.75) is 39.0 Å². The van der Waals surface area contributed by atoms with Crippen LogP contribution in [0.15, 0.2) is 11.6 Å². The molecule has 1 saturated carbocycles. The largest absolute Gasteiger partial charge is 0.466 e. The quantitative estimate of drug-likeness (QED) is 0.639. The van der Waals surface area contributed by atoms with E-state index in [4.69, 9.17) is 4.74 Å². The molecule has 2 atom stereocenters. The van der Waals surface area contributed by atoms with E-state index < -0.39 is 0 Å². The Morgan fingerprint density at radius 1 is 1.50 bits per heavy atom. The molecule has 0 aliphatic heterocycles. The first-order valence-electron chi connectivity index (χ1n) is 5.89. The fraction of sp³-hybridized carbons (Fsp3) is 0.692. The average molecular weight is 222 g/mol. The molecule has 1 fully saturated rings. The molecular formula is C13H18O3. The average Bonchev–Trinajstić information content (AvgIpc) is 2.27. The molecule has 88 valence electrons. The van der Waals surface area contributed by atoms with Crippen LogP contribution in [0.2, 0.25) is 0 Å². The van der Waals surface area contributed by atoms with Crippen molar-refractivity contribution in [2.24, 2.45) is 11.3 Å². The maximum absolute atomic E-state index is 11.8. The van der Waals surface area contributed by atoms with E-state index in [0.717, 1.165) is 24.8 Å². The molecule has 2 aliphatic carbocycles. The Bertz CT molecular complexity index is 356. The van der Waals surface area contributed by atoms with Crippen molar-refractivity contribution < 1.29 is 14.3 Å². The van der Waals surface area contributed by atoms with Gasteiger partial charge in [-0.2, -0.15) is 0 Å². The number of allylic oxidation sites excluding steroid dienone is 1. The molecule has 0 bridgehead atoms. The molecule has 3 heteroatoms. The lowest BCUT2D eigenvalue weighted by Gasteiger charge is -2.41. The van der Waals surface area contributed by atoms with Gasteiger partial charge in [-0.05, 0) is 31.1 Å². The summed E-state index contributed by atoms with van der Waals surface area (Å²) < 4.78 is 4.75. The highest BCUT2D eigenvalue weighted by molar-refractivity contribution is 5.90. The third kappa shape index (κ3) is 1.79. The smallest absolute Gasteiger partial charge is 0.333 e. The van der Waals surface area contributed by atoms with E-state index in [1.165, 1.54) is 7.11 Å². The van der Waals surface area contributed by atoms with Gasteiger partial charge in [0.25, 0.3) is 0 Å². The van der Waals surface area contributed by atoms with Crippen molar-refractivity contribution in [3.63, 3.8) is 0 Å². The SMILES string of the molecule is COC(=O)C1=CC2(C)CCCC(=O)C2CC1. The van der Waals surface area contributed by atoms with Gasteiger partial charge in [0.15, 0.2) is 0 Å². The second kappa shape index (κ2) is 4.04. The first-order chi connectivity index (χ1) is 7.57. The predicted molar refractivity (Wildman–Crippen MR) is 59.8 cm³/mol. The summed E-state index contributed by atoms with van der Waals surface area (Å²) in [5.74, 6) is 0.251. The summed E-state index contributed by atoms with van der Waals surface area (Å²) in [4.78, 5) is 23.3. The molecule has 0 amide bonds. The molecule has 3 nitrogen and oxygen atoms in total. The summed E-state index contributed by atoms with van der Waals surface area (Å²) in [6.07, 6.45) is 6.13. The molecule has 0 aromatic rings. The van der Waals surface area contributed by atoms with Crippen LogP contribution in [0.25, 0.3) is 0 Å². The van der Waals surface area contributed by atoms with Crippen LogP contribution in [0, 0.1) is 11.3 Å². The maximum atomic E-state index is 11.8. The van der Waals surface area contributed by atoms with Crippen LogP contribution < -0.4 is 0 Å². The van der Waals surface area contributed by atoms with Gasteiger partial charge in [0.1, 0.15) is 5.78 Å². The van der Waals surface area contributed by atoms with Crippen molar-refractivity contribution >= 4 is 11.8 Å². The fourth-order valence-electron chi connectivity index (χ4n) is 3.09. The first-order valence-corrected chi connectivity index (χ1v) is 5.89. The maximum Gasteiger partial charge on any atom is 0.333 e. The number of esters is 1. The van der Waals surface area contributed by atoms with Gasteiger partial charge >= 0.3 is 5.97 Å². The molecule has 2 unspecified atom stereocenters. The number of carbonyl (C=O) groups excluding carboxylic acids is 2. The van der Waals surface area contributed by atoms with Crippen molar-refractivity contribution in [3.8, 4) is 0 Å². The Morgan fingerprint density at radius 2 is 2.25 bits per heavy atom. The minimum atomic E-state index is -0.238. The highest BCUT2D eigenvalue weighted by Crippen LogP contribution is 2.47. The summed E-state index contributed by atoms with van der Waals surface area (Å²) in [6.45, 7) is 2.09. The number of methoxy groups -OCH3 is 1. The molecule has 0 saturated heterocycles. The van der Waals surface area contributed by atoms with Crippen LogP contribution in [-0.4, -0.2) is 18.9 Å². The standard InChI is InChI=1S/C13H18O3/c1-13-7-3-4-11(14)10(13)6-5-9(8-13)12(15)16-2/h8,10H,3-7H2,1-2H3. The predicted octanol–water partition coefficient (Wildman–Crippen LogP) is 2.26. The molecule has 0 radical (unpaired) electrons. The monoisotopic (exact) mass is 222 g/mol. The summed E-state index contributed by atoms with van der Waals surface area (Å²) in [7, 11) is 1.41. The summed E-state index contributed by atoms with van der Waals surface area (Å²) in [5.41, 5.74) is 0.632. The Kier molecular flexibility index (Phi) is 2.87. The van der Waals surface area contributed by atoms with Gasteiger partial charge in [-0.1, -0.05) is 13.0 Å². The highest BCUT2D eigenvalue weighted by Gasteiger charge is 2.43. The van der Waals surface area contributed by atoms with E-state index >= 15 is 0 Å². The van der Waals surface area contributed by atoms with E-state index in [1.807, 2.05) is 6.08 Å². The molecule has 0 spiro atoms. The Morgan fingerprint density at radius 3 is 2.94 bits per heavy atom. The number of rotatable bonds is 1. The van der Waals surface area contributed by atoms with E-state index in [-0.39, 0.29) is 17.3 Å². The zero-order chi connectivity index (χ0) is 11.8. The molecule has 0 N–H and O–H groups in total. The number of carbonyl (C=O) groups is 2. The molecule has 2 rings (SSSR count). The number of hydrogen-bond donors (Lipinski definition) is 0. The zero-order valence-corrected chi connectivity index (χ0v) is 9.91. The van der Waals surface area contributed by atoms with Gasteiger partial charge < -0.3 is 4.74 Å². The van der Waals surface area contributed by atoms with Crippen molar-refractivity contribution in [1.82, 2.24) is 0 Å². The number of ether oxygens (including phenoxy) is 1. The van der Waals surface area contributed by atoms with Gasteiger partial charge in [-0.15, -0.1) is 0 Å². The van der Waals surface area contributed by atoms with Gasteiger partial charge in [-0.25, -0.2) is 4.79 Å². The molecule has 2 aliphatic rings. The lowest BCUT2D eigenvalue weighted by Crippen LogP contribution is -2.39. The van der Waals surface area contributed by atoms with Gasteiger partial charge in [0, 0.05) is 17.9 Å². The Balaban J connectivity index is 2.28. The van der Waals surface area contributed by atoms with Gasteiger partial charge in [0.05, 0.1) is 7.11 Å². The van der Waals surface area contributed by atoms with E-state index in [1.54, 1.807) is 0 Å². The number of hydrogen-bond acceptors (Lipinski definition) is 3. The van der Waals surface area contributed by atoms with Crippen molar-refractivity contribution in [2.75, 3.05) is 7.11 Å². The summed E-state index contributed by atoms with van der Waals surface area (Å²) in [6, 6.07) is 0. The number of ketones is 1. The third-order valence-electron chi connectivity index (χ3n) is 3.98. The third-order valence-corrected chi connectivity index (χ3v) is 3.98. The van der Waals surface area contributed by atoms with Crippen molar-refractivity contribution in [3.05, 3.63) is 11.6 Å². The van der Waals surface area contributed by atoms with Gasteiger partial charge in [-0.3, -0.25) is 4.79 Å². The Hall–Kier alpha value is -1.12. The normalized spacial score (nSPS) is 34.0. The van der Waals surface area contributed by atoms with E-state index in [2.05, 4.69) is 6.92 Å². The lowest BCUT2D eigenvalue weighted by molar-refractivity contribution is -0.137. The number of Topliss-reactive ketones (excluding diaryl/α,β-unsaturated/α-hetero) is 1. The van der Waals surface area contributed by atoms with Crippen LogP contribution in [0.5, 0.6) is 0 Å².